The summed E-state index contributed by atoms with van der Waals surface area (Å²) in [5, 5.41) is 13.0. The van der Waals surface area contributed by atoms with E-state index in [1.807, 2.05) is 19.9 Å². The summed E-state index contributed by atoms with van der Waals surface area (Å²) in [5.41, 5.74) is 3.34. The molecule has 1 fully saturated rings. The van der Waals surface area contributed by atoms with E-state index in [2.05, 4.69) is 25.1 Å². The summed E-state index contributed by atoms with van der Waals surface area (Å²) in [5.74, 6) is 1.96. The van der Waals surface area contributed by atoms with Crippen LogP contribution in [0.15, 0.2) is 10.6 Å². The molecule has 2 aliphatic rings. The van der Waals surface area contributed by atoms with Gasteiger partial charge in [-0.15, -0.1) is 5.10 Å². The summed E-state index contributed by atoms with van der Waals surface area (Å²) >= 11 is 0. The van der Waals surface area contributed by atoms with Crippen molar-refractivity contribution in [2.45, 2.75) is 52.2 Å². The minimum atomic E-state index is 0.315. The first-order valence-corrected chi connectivity index (χ1v) is 8.87. The molecule has 7 heteroatoms. The van der Waals surface area contributed by atoms with E-state index >= 15 is 0 Å². The Hall–Kier alpha value is -1.73. The van der Waals surface area contributed by atoms with Gasteiger partial charge in [0.05, 0.1) is 18.0 Å². The monoisotopic (exact) mass is 331 g/mol. The van der Waals surface area contributed by atoms with Gasteiger partial charge in [0, 0.05) is 44.8 Å². The molecule has 7 nitrogen and oxygen atoms in total. The van der Waals surface area contributed by atoms with Crippen molar-refractivity contribution in [2.75, 3.05) is 19.8 Å². The Balaban J connectivity index is 1.53. The van der Waals surface area contributed by atoms with Crippen molar-refractivity contribution in [1.82, 2.24) is 25.1 Å². The molecule has 1 aliphatic carbocycles. The fraction of sp³-hybridized carbons (Fsp3) is 0.706. The first-order valence-electron chi connectivity index (χ1n) is 8.87. The molecule has 1 aliphatic heterocycles. The van der Waals surface area contributed by atoms with Gasteiger partial charge in [0.1, 0.15) is 11.5 Å². The van der Waals surface area contributed by atoms with Crippen molar-refractivity contribution in [3.05, 3.63) is 28.9 Å². The number of rotatable bonds is 7. The van der Waals surface area contributed by atoms with Crippen molar-refractivity contribution >= 4 is 0 Å². The number of hydrogen-bond acceptors (Lipinski definition) is 6. The van der Waals surface area contributed by atoms with Crippen LogP contribution in [-0.4, -0.2) is 44.8 Å². The molecule has 4 rings (SSSR count). The van der Waals surface area contributed by atoms with Crippen molar-refractivity contribution < 1.29 is 9.26 Å². The molecule has 0 bridgehead atoms. The maximum atomic E-state index is 5.75. The molecule has 24 heavy (non-hydrogen) atoms. The van der Waals surface area contributed by atoms with E-state index in [-0.39, 0.29) is 0 Å². The predicted molar refractivity (Wildman–Crippen MR) is 87.3 cm³/mol. The average Bonchev–Trinajstić information content (AvgIpc) is 3.16. The molecule has 2 aromatic rings. The number of nitrogens with zero attached hydrogens (tertiary/aromatic N) is 5. The SMILES string of the molecule is CCOC[C@H]1CN(Cc2cc(C)on2)Cc2nnn(CC3CC3)c21. The third kappa shape index (κ3) is 3.37. The van der Waals surface area contributed by atoms with Crippen molar-refractivity contribution in [3.8, 4) is 0 Å². The van der Waals surface area contributed by atoms with Gasteiger partial charge in [0.15, 0.2) is 0 Å². The number of aromatic nitrogens is 4. The van der Waals surface area contributed by atoms with Crippen molar-refractivity contribution in [1.29, 1.82) is 0 Å². The van der Waals surface area contributed by atoms with Gasteiger partial charge in [-0.1, -0.05) is 10.4 Å². The van der Waals surface area contributed by atoms with E-state index in [4.69, 9.17) is 9.26 Å². The summed E-state index contributed by atoms with van der Waals surface area (Å²) in [6.45, 7) is 8.95. The topological polar surface area (TPSA) is 69.2 Å². The van der Waals surface area contributed by atoms with E-state index in [9.17, 15) is 0 Å². The Morgan fingerprint density at radius 3 is 2.96 bits per heavy atom. The second-order valence-corrected chi connectivity index (χ2v) is 7.00. The zero-order valence-electron chi connectivity index (χ0n) is 14.4. The first kappa shape index (κ1) is 15.8. The third-order valence-electron chi connectivity index (χ3n) is 4.80. The molecular formula is C17H25N5O2. The molecule has 0 radical (unpaired) electrons. The van der Waals surface area contributed by atoms with Crippen LogP contribution in [0.1, 0.15) is 48.5 Å². The predicted octanol–water partition coefficient (Wildman–Crippen LogP) is 2.12. The van der Waals surface area contributed by atoms with Gasteiger partial charge in [-0.25, -0.2) is 4.68 Å². The van der Waals surface area contributed by atoms with Crippen LogP contribution in [0.3, 0.4) is 0 Å². The molecule has 0 spiro atoms. The van der Waals surface area contributed by atoms with E-state index in [1.54, 1.807) is 0 Å². The maximum Gasteiger partial charge on any atom is 0.133 e. The van der Waals surface area contributed by atoms with Crippen LogP contribution in [0.4, 0.5) is 0 Å². The number of hydrogen-bond donors (Lipinski definition) is 0. The Labute approximate surface area is 141 Å². The molecule has 0 amide bonds. The third-order valence-corrected chi connectivity index (χ3v) is 4.80. The molecule has 1 saturated carbocycles. The summed E-state index contributed by atoms with van der Waals surface area (Å²) in [6, 6.07) is 2.00. The second-order valence-electron chi connectivity index (χ2n) is 7.00. The van der Waals surface area contributed by atoms with Gasteiger partial charge in [-0.05, 0) is 32.6 Å². The Bertz CT molecular complexity index is 691. The fourth-order valence-electron chi connectivity index (χ4n) is 3.50. The molecule has 0 unspecified atom stereocenters. The minimum absolute atomic E-state index is 0.315. The van der Waals surface area contributed by atoms with Gasteiger partial charge in [-0.2, -0.15) is 0 Å². The fourth-order valence-corrected chi connectivity index (χ4v) is 3.50. The summed E-state index contributed by atoms with van der Waals surface area (Å²) in [4.78, 5) is 2.36. The molecular weight excluding hydrogens is 306 g/mol. The van der Waals surface area contributed by atoms with Crippen LogP contribution < -0.4 is 0 Å². The Morgan fingerprint density at radius 1 is 1.38 bits per heavy atom. The lowest BCUT2D eigenvalue weighted by atomic mass is 9.98. The molecule has 3 heterocycles. The Kier molecular flexibility index (Phi) is 4.37. The van der Waals surface area contributed by atoms with Gasteiger partial charge in [0.2, 0.25) is 0 Å². The molecule has 0 N–H and O–H groups in total. The lowest BCUT2D eigenvalue weighted by Gasteiger charge is -2.31. The highest BCUT2D eigenvalue weighted by Crippen LogP contribution is 2.34. The van der Waals surface area contributed by atoms with Crippen LogP contribution in [-0.2, 0) is 24.4 Å². The van der Waals surface area contributed by atoms with Crippen molar-refractivity contribution in [3.63, 3.8) is 0 Å². The number of fused-ring (bicyclic) bond motifs is 1. The second kappa shape index (κ2) is 6.64. The lowest BCUT2D eigenvalue weighted by Crippen LogP contribution is -2.36. The van der Waals surface area contributed by atoms with Crippen LogP contribution in [0.2, 0.25) is 0 Å². The highest BCUT2D eigenvalue weighted by molar-refractivity contribution is 5.20. The number of ether oxygens (including phenoxy) is 1. The maximum absolute atomic E-state index is 5.75. The average molecular weight is 331 g/mol. The van der Waals surface area contributed by atoms with E-state index in [0.717, 1.165) is 62.5 Å². The van der Waals surface area contributed by atoms with E-state index < -0.39 is 0 Å². The molecule has 0 saturated heterocycles. The lowest BCUT2D eigenvalue weighted by molar-refractivity contribution is 0.101. The van der Waals surface area contributed by atoms with Crippen LogP contribution in [0.5, 0.6) is 0 Å². The number of aryl methyl sites for hydroxylation is 1. The summed E-state index contributed by atoms with van der Waals surface area (Å²) < 4.78 is 13.1. The molecule has 1 atom stereocenters. The molecule has 2 aromatic heterocycles. The standard InChI is InChI=1S/C17H25N5O2/c1-3-23-11-14-8-21(9-15-6-12(2)24-19-15)10-16-17(14)22(20-18-16)7-13-4-5-13/h6,13-14H,3-5,7-11H2,1-2H3/t14-/m1/s1. The van der Waals surface area contributed by atoms with Crippen LogP contribution >= 0.6 is 0 Å². The van der Waals surface area contributed by atoms with Gasteiger partial charge in [0.25, 0.3) is 0 Å². The van der Waals surface area contributed by atoms with Crippen LogP contribution in [0.25, 0.3) is 0 Å². The quantitative estimate of drug-likeness (QED) is 0.774. The van der Waals surface area contributed by atoms with E-state index in [1.165, 1.54) is 18.5 Å². The Morgan fingerprint density at radius 2 is 2.25 bits per heavy atom. The zero-order valence-corrected chi connectivity index (χ0v) is 14.4. The van der Waals surface area contributed by atoms with E-state index in [0.29, 0.717) is 5.92 Å². The minimum Gasteiger partial charge on any atom is -0.381 e. The summed E-state index contributed by atoms with van der Waals surface area (Å²) in [6.07, 6.45) is 2.64. The van der Waals surface area contributed by atoms with Gasteiger partial charge < -0.3 is 9.26 Å². The molecule has 130 valence electrons. The normalized spacial score (nSPS) is 21.2. The first-order chi connectivity index (χ1) is 11.7. The highest BCUT2D eigenvalue weighted by atomic mass is 16.5. The van der Waals surface area contributed by atoms with Gasteiger partial charge in [-0.3, -0.25) is 4.90 Å². The highest BCUT2D eigenvalue weighted by Gasteiger charge is 2.33. The largest absolute Gasteiger partial charge is 0.381 e. The van der Waals surface area contributed by atoms with Crippen molar-refractivity contribution in [2.24, 2.45) is 5.92 Å². The summed E-state index contributed by atoms with van der Waals surface area (Å²) in [7, 11) is 0. The van der Waals surface area contributed by atoms with Gasteiger partial charge >= 0.3 is 0 Å². The smallest absolute Gasteiger partial charge is 0.133 e. The van der Waals surface area contributed by atoms with Crippen LogP contribution in [0, 0.1) is 12.8 Å². The molecule has 0 aromatic carbocycles. The zero-order chi connectivity index (χ0) is 16.5.